The summed E-state index contributed by atoms with van der Waals surface area (Å²) in [6.07, 6.45) is -2.33. The number of hydrogen-bond donors (Lipinski definition) is 2. The third-order valence-corrected chi connectivity index (χ3v) is 2.15. The molecule has 0 aliphatic rings. The fourth-order valence-corrected chi connectivity index (χ4v) is 1.17. The van der Waals surface area contributed by atoms with Crippen molar-refractivity contribution < 1.29 is 22.8 Å². The summed E-state index contributed by atoms with van der Waals surface area (Å²) < 4.78 is 35.1. The summed E-state index contributed by atoms with van der Waals surface area (Å²) in [5, 5.41) is 0. The van der Waals surface area contributed by atoms with Gasteiger partial charge in [-0.3, -0.25) is 9.63 Å². The Morgan fingerprint density at radius 2 is 1.94 bits per heavy atom. The Morgan fingerprint density at radius 1 is 1.35 bits per heavy atom. The molecule has 2 unspecified atom stereocenters. The minimum Gasteiger partial charge on any atom is -0.328 e. The maximum absolute atomic E-state index is 11.7. The van der Waals surface area contributed by atoms with E-state index in [0.717, 1.165) is 12.8 Å². The van der Waals surface area contributed by atoms with E-state index in [2.05, 4.69) is 4.84 Å². The van der Waals surface area contributed by atoms with Gasteiger partial charge in [0.05, 0.1) is 0 Å². The first kappa shape index (κ1) is 16.2. The third-order valence-electron chi connectivity index (χ3n) is 2.15. The molecule has 17 heavy (non-hydrogen) atoms. The van der Waals surface area contributed by atoms with Gasteiger partial charge in [-0.1, -0.05) is 13.3 Å². The molecule has 3 N–H and O–H groups in total. The zero-order valence-corrected chi connectivity index (χ0v) is 10.0. The molecule has 0 fully saturated rings. The Labute approximate surface area is 98.6 Å². The summed E-state index contributed by atoms with van der Waals surface area (Å²) in [6.45, 7) is 2.01. The van der Waals surface area contributed by atoms with Gasteiger partial charge < -0.3 is 5.73 Å². The van der Waals surface area contributed by atoms with Crippen LogP contribution in [0, 0.1) is 5.92 Å². The number of halogens is 3. The summed E-state index contributed by atoms with van der Waals surface area (Å²) >= 11 is 0. The average molecular weight is 256 g/mol. The Kier molecular flexibility index (Phi) is 7.13. The highest BCUT2D eigenvalue weighted by molar-refractivity contribution is 5.77. The van der Waals surface area contributed by atoms with Crippen molar-refractivity contribution in [2.45, 2.75) is 45.3 Å². The van der Waals surface area contributed by atoms with Gasteiger partial charge in [-0.15, -0.1) is 0 Å². The summed E-state index contributed by atoms with van der Waals surface area (Å²) in [7, 11) is 0. The molecule has 102 valence electrons. The normalized spacial score (nSPS) is 15.4. The lowest BCUT2D eigenvalue weighted by atomic mass is 10.0. The topological polar surface area (TPSA) is 64.4 Å². The second-order valence-electron chi connectivity index (χ2n) is 4.18. The van der Waals surface area contributed by atoms with Crippen LogP contribution in [-0.4, -0.2) is 24.7 Å². The fraction of sp³-hybridized carbons (Fsp3) is 0.900. The number of carbonyl (C=O) groups is 1. The first-order chi connectivity index (χ1) is 7.72. The van der Waals surface area contributed by atoms with Crippen LogP contribution in [0.15, 0.2) is 0 Å². The van der Waals surface area contributed by atoms with E-state index in [-0.39, 0.29) is 12.0 Å². The quantitative estimate of drug-likeness (QED) is 0.682. The molecule has 0 radical (unpaired) electrons. The lowest BCUT2D eigenvalue weighted by molar-refractivity contribution is -0.192. The van der Waals surface area contributed by atoms with Crippen molar-refractivity contribution in [3.8, 4) is 0 Å². The van der Waals surface area contributed by atoms with E-state index in [4.69, 9.17) is 5.73 Å². The molecule has 0 saturated heterocycles. The monoisotopic (exact) mass is 256 g/mol. The van der Waals surface area contributed by atoms with Crippen LogP contribution < -0.4 is 11.2 Å². The zero-order chi connectivity index (χ0) is 13.5. The molecule has 0 heterocycles. The summed E-state index contributed by atoms with van der Waals surface area (Å²) in [5.41, 5.74) is 7.32. The van der Waals surface area contributed by atoms with Crippen molar-refractivity contribution in [1.29, 1.82) is 0 Å². The molecule has 2 atom stereocenters. The van der Waals surface area contributed by atoms with Crippen molar-refractivity contribution in [3.05, 3.63) is 0 Å². The van der Waals surface area contributed by atoms with Gasteiger partial charge in [0.15, 0.2) is 6.61 Å². The van der Waals surface area contributed by atoms with E-state index >= 15 is 0 Å². The van der Waals surface area contributed by atoms with Gasteiger partial charge in [0, 0.05) is 12.0 Å². The number of hydrogen-bond acceptors (Lipinski definition) is 3. The molecule has 1 amide bonds. The molecular formula is C10H19F3N2O2. The van der Waals surface area contributed by atoms with Crippen molar-refractivity contribution in [3.63, 3.8) is 0 Å². The number of rotatable bonds is 7. The number of alkyl halides is 3. The van der Waals surface area contributed by atoms with Gasteiger partial charge in [0.1, 0.15) is 0 Å². The van der Waals surface area contributed by atoms with Crippen molar-refractivity contribution >= 4 is 5.91 Å². The number of nitrogens with one attached hydrogen (secondary N) is 1. The number of hydroxylamine groups is 1. The standard InChI is InChI=1S/C10H19F3N2O2/c1-7(4-3-5-8(2)14)9(16)15-17-6-10(11,12)13/h7-8H,3-6,14H2,1-2H3,(H,15,16). The summed E-state index contributed by atoms with van der Waals surface area (Å²) in [6, 6.07) is 0.0618. The van der Waals surface area contributed by atoms with Crippen LogP contribution in [0.4, 0.5) is 13.2 Å². The smallest absolute Gasteiger partial charge is 0.328 e. The Balaban J connectivity index is 3.68. The molecule has 0 bridgehead atoms. The van der Waals surface area contributed by atoms with Crippen LogP contribution in [0.2, 0.25) is 0 Å². The number of carbonyl (C=O) groups excluding carboxylic acids is 1. The summed E-state index contributed by atoms with van der Waals surface area (Å²) in [5.74, 6) is -0.930. The SMILES string of the molecule is CC(N)CCCC(C)C(=O)NOCC(F)(F)F. The number of amides is 1. The van der Waals surface area contributed by atoms with Crippen molar-refractivity contribution in [2.75, 3.05) is 6.61 Å². The van der Waals surface area contributed by atoms with Crippen LogP contribution in [0.25, 0.3) is 0 Å². The Hall–Kier alpha value is -0.820. The first-order valence-electron chi connectivity index (χ1n) is 5.46. The first-order valence-corrected chi connectivity index (χ1v) is 5.46. The predicted molar refractivity (Wildman–Crippen MR) is 56.8 cm³/mol. The molecule has 4 nitrogen and oxygen atoms in total. The molecule has 7 heteroatoms. The van der Waals surface area contributed by atoms with Crippen LogP contribution in [0.1, 0.15) is 33.1 Å². The van der Waals surface area contributed by atoms with E-state index in [1.807, 2.05) is 6.92 Å². The number of nitrogens with two attached hydrogens (primary N) is 1. The van der Waals surface area contributed by atoms with Gasteiger partial charge >= 0.3 is 6.18 Å². The van der Waals surface area contributed by atoms with Gasteiger partial charge in [-0.25, -0.2) is 5.48 Å². The van der Waals surface area contributed by atoms with E-state index in [9.17, 15) is 18.0 Å². The highest BCUT2D eigenvalue weighted by Gasteiger charge is 2.28. The molecule has 0 aliphatic carbocycles. The maximum Gasteiger partial charge on any atom is 0.414 e. The highest BCUT2D eigenvalue weighted by Crippen LogP contribution is 2.14. The molecule has 0 spiro atoms. The van der Waals surface area contributed by atoms with E-state index in [0.29, 0.717) is 6.42 Å². The maximum atomic E-state index is 11.7. The molecule has 0 aliphatic heterocycles. The third kappa shape index (κ3) is 10.1. The molecule has 0 aromatic heterocycles. The molecule has 0 rings (SSSR count). The minimum atomic E-state index is -4.44. The van der Waals surface area contributed by atoms with Gasteiger partial charge in [0.25, 0.3) is 0 Å². The van der Waals surface area contributed by atoms with Gasteiger partial charge in [-0.05, 0) is 19.8 Å². The van der Waals surface area contributed by atoms with Gasteiger partial charge in [-0.2, -0.15) is 13.2 Å². The highest BCUT2D eigenvalue weighted by atomic mass is 19.4. The minimum absolute atomic E-state index is 0.0618. The van der Waals surface area contributed by atoms with Crippen LogP contribution in [0.5, 0.6) is 0 Å². The fourth-order valence-electron chi connectivity index (χ4n) is 1.17. The van der Waals surface area contributed by atoms with Crippen molar-refractivity contribution in [1.82, 2.24) is 5.48 Å². The molecular weight excluding hydrogens is 237 g/mol. The van der Waals surface area contributed by atoms with Crippen LogP contribution in [0.3, 0.4) is 0 Å². The lowest BCUT2D eigenvalue weighted by Gasteiger charge is -2.13. The molecule has 0 saturated carbocycles. The lowest BCUT2D eigenvalue weighted by Crippen LogP contribution is -2.33. The largest absolute Gasteiger partial charge is 0.414 e. The van der Waals surface area contributed by atoms with Crippen LogP contribution in [-0.2, 0) is 9.63 Å². The van der Waals surface area contributed by atoms with Crippen LogP contribution >= 0.6 is 0 Å². The molecule has 0 aromatic rings. The van der Waals surface area contributed by atoms with E-state index < -0.39 is 18.7 Å². The molecule has 0 aromatic carbocycles. The van der Waals surface area contributed by atoms with E-state index in [1.54, 1.807) is 12.4 Å². The average Bonchev–Trinajstić information content (AvgIpc) is 2.14. The summed E-state index contributed by atoms with van der Waals surface area (Å²) in [4.78, 5) is 15.3. The Bertz CT molecular complexity index is 232. The predicted octanol–water partition coefficient (Wildman–Crippen LogP) is 1.75. The second kappa shape index (κ2) is 7.50. The Morgan fingerprint density at radius 3 is 2.41 bits per heavy atom. The zero-order valence-electron chi connectivity index (χ0n) is 10.0. The van der Waals surface area contributed by atoms with Crippen molar-refractivity contribution in [2.24, 2.45) is 11.7 Å². The van der Waals surface area contributed by atoms with Gasteiger partial charge in [0.2, 0.25) is 5.91 Å². The van der Waals surface area contributed by atoms with E-state index in [1.165, 1.54) is 0 Å². The second-order valence-corrected chi connectivity index (χ2v) is 4.18.